The summed E-state index contributed by atoms with van der Waals surface area (Å²) in [6, 6.07) is 8.17. The highest BCUT2D eigenvalue weighted by Crippen LogP contribution is 2.43. The Morgan fingerprint density at radius 3 is 2.69 bits per heavy atom. The number of aryl methyl sites for hydroxylation is 2. The van der Waals surface area contributed by atoms with Gasteiger partial charge in [0, 0.05) is 18.1 Å². The van der Waals surface area contributed by atoms with Crippen molar-refractivity contribution in [2.45, 2.75) is 31.4 Å². The van der Waals surface area contributed by atoms with Crippen molar-refractivity contribution in [1.29, 1.82) is 0 Å². The molecule has 3 aromatic rings. The molecule has 2 aromatic heterocycles. The number of benzene rings is 1. The van der Waals surface area contributed by atoms with E-state index in [1.807, 2.05) is 49.6 Å². The van der Waals surface area contributed by atoms with Crippen LogP contribution in [0.5, 0.6) is 5.75 Å². The van der Waals surface area contributed by atoms with Crippen LogP contribution in [0.3, 0.4) is 0 Å². The summed E-state index contributed by atoms with van der Waals surface area (Å²) in [6.45, 7) is 4.61. The number of carbonyl (C=O) groups excluding carboxylic acids is 1. The summed E-state index contributed by atoms with van der Waals surface area (Å²) < 4.78 is 8.35. The van der Waals surface area contributed by atoms with Crippen LogP contribution < -0.4 is 4.74 Å². The SMILES string of the molecule is Cc1cn2c(CN(C)C(=O)COc3ccc(C4SCCCS4)cc3)c(C)nc2s1. The van der Waals surface area contributed by atoms with Crippen molar-refractivity contribution < 1.29 is 9.53 Å². The van der Waals surface area contributed by atoms with Crippen molar-refractivity contribution in [2.24, 2.45) is 0 Å². The van der Waals surface area contributed by atoms with Gasteiger partial charge in [-0.15, -0.1) is 34.9 Å². The normalized spacial score (nSPS) is 15.0. The minimum atomic E-state index is -0.0474. The van der Waals surface area contributed by atoms with E-state index in [-0.39, 0.29) is 12.5 Å². The Balaban J connectivity index is 1.33. The molecule has 1 aliphatic heterocycles. The molecular formula is C21H25N3O2S3. The summed E-state index contributed by atoms with van der Waals surface area (Å²) in [7, 11) is 1.81. The monoisotopic (exact) mass is 447 g/mol. The summed E-state index contributed by atoms with van der Waals surface area (Å²) in [6.07, 6.45) is 3.37. The second-order valence-electron chi connectivity index (χ2n) is 7.17. The van der Waals surface area contributed by atoms with Gasteiger partial charge < -0.3 is 9.64 Å². The zero-order valence-corrected chi connectivity index (χ0v) is 19.3. The molecule has 154 valence electrons. The van der Waals surface area contributed by atoms with Crippen molar-refractivity contribution in [3.8, 4) is 5.75 Å². The first-order valence-corrected chi connectivity index (χ1v) is 12.6. The number of thioether (sulfide) groups is 2. The topological polar surface area (TPSA) is 46.8 Å². The van der Waals surface area contributed by atoms with Gasteiger partial charge in [0.2, 0.25) is 0 Å². The van der Waals surface area contributed by atoms with E-state index in [2.05, 4.69) is 34.6 Å². The number of rotatable bonds is 6. The van der Waals surface area contributed by atoms with E-state index in [0.29, 0.717) is 11.1 Å². The van der Waals surface area contributed by atoms with Crippen LogP contribution in [0, 0.1) is 13.8 Å². The van der Waals surface area contributed by atoms with Crippen LogP contribution in [0.25, 0.3) is 4.96 Å². The number of fused-ring (bicyclic) bond motifs is 1. The molecule has 3 heterocycles. The minimum absolute atomic E-state index is 0.0342. The number of aromatic nitrogens is 2. The molecule has 0 spiro atoms. The third-order valence-corrected chi connectivity index (χ3v) is 8.81. The standard InChI is InChI=1S/C21H25N3O2S3/c1-14-11-24-18(15(2)22-21(24)29-14)12-23(3)19(25)13-26-17-7-5-16(6-8-17)20-27-9-4-10-28-20/h5-8,11,20H,4,9-10,12-13H2,1-3H3. The summed E-state index contributed by atoms with van der Waals surface area (Å²) in [4.78, 5) is 21.1. The average molecular weight is 448 g/mol. The quantitative estimate of drug-likeness (QED) is 0.537. The molecule has 4 rings (SSSR count). The maximum Gasteiger partial charge on any atom is 0.260 e. The Kier molecular flexibility index (Phi) is 6.41. The molecule has 0 aliphatic carbocycles. The number of ether oxygens (including phenoxy) is 1. The highest BCUT2D eigenvalue weighted by Gasteiger charge is 2.18. The molecule has 0 atom stereocenters. The number of hydrogen-bond donors (Lipinski definition) is 0. The van der Waals surface area contributed by atoms with Gasteiger partial charge in [0.05, 0.1) is 22.5 Å². The lowest BCUT2D eigenvalue weighted by Crippen LogP contribution is -2.31. The van der Waals surface area contributed by atoms with Crippen molar-refractivity contribution in [3.63, 3.8) is 0 Å². The molecule has 1 aromatic carbocycles. The van der Waals surface area contributed by atoms with Crippen LogP contribution in [-0.4, -0.2) is 45.4 Å². The molecule has 8 heteroatoms. The first-order valence-electron chi connectivity index (χ1n) is 9.65. The predicted molar refractivity (Wildman–Crippen MR) is 123 cm³/mol. The van der Waals surface area contributed by atoms with Gasteiger partial charge in [-0.25, -0.2) is 4.98 Å². The zero-order chi connectivity index (χ0) is 20.4. The average Bonchev–Trinajstić information content (AvgIpc) is 3.23. The maximum absolute atomic E-state index is 12.6. The van der Waals surface area contributed by atoms with Gasteiger partial charge >= 0.3 is 0 Å². The zero-order valence-electron chi connectivity index (χ0n) is 16.9. The van der Waals surface area contributed by atoms with E-state index in [1.165, 1.54) is 28.4 Å². The van der Waals surface area contributed by atoms with Crippen LogP contribution in [0.1, 0.15) is 32.8 Å². The third-order valence-electron chi connectivity index (χ3n) is 4.90. The highest BCUT2D eigenvalue weighted by molar-refractivity contribution is 8.16. The lowest BCUT2D eigenvalue weighted by atomic mass is 10.2. The number of imidazole rings is 1. The smallest absolute Gasteiger partial charge is 0.260 e. The van der Waals surface area contributed by atoms with Crippen molar-refractivity contribution in [3.05, 3.63) is 52.3 Å². The van der Waals surface area contributed by atoms with Gasteiger partial charge in [-0.05, 0) is 49.5 Å². The van der Waals surface area contributed by atoms with Crippen LogP contribution in [-0.2, 0) is 11.3 Å². The second-order valence-corrected chi connectivity index (χ2v) is 11.1. The molecule has 1 saturated heterocycles. The Labute approximate surface area is 183 Å². The fourth-order valence-corrected chi connectivity index (χ4v) is 7.05. The van der Waals surface area contributed by atoms with E-state index in [0.717, 1.165) is 22.1 Å². The molecule has 0 N–H and O–H groups in total. The van der Waals surface area contributed by atoms with Crippen LogP contribution in [0.4, 0.5) is 0 Å². The summed E-state index contributed by atoms with van der Waals surface area (Å²) in [5.41, 5.74) is 3.33. The fourth-order valence-electron chi connectivity index (χ4n) is 3.27. The van der Waals surface area contributed by atoms with Crippen LogP contribution >= 0.6 is 34.9 Å². The van der Waals surface area contributed by atoms with Gasteiger partial charge in [0.1, 0.15) is 5.75 Å². The van der Waals surface area contributed by atoms with Gasteiger partial charge in [-0.2, -0.15) is 0 Å². The van der Waals surface area contributed by atoms with E-state index in [9.17, 15) is 4.79 Å². The molecular weight excluding hydrogens is 422 g/mol. The van der Waals surface area contributed by atoms with Crippen LogP contribution in [0.15, 0.2) is 30.5 Å². The fraction of sp³-hybridized carbons (Fsp3) is 0.429. The highest BCUT2D eigenvalue weighted by atomic mass is 32.2. The summed E-state index contributed by atoms with van der Waals surface area (Å²) in [5, 5.41) is 0. The van der Waals surface area contributed by atoms with Crippen molar-refractivity contribution in [1.82, 2.24) is 14.3 Å². The predicted octanol–water partition coefficient (Wildman–Crippen LogP) is 4.92. The third kappa shape index (κ3) is 4.75. The lowest BCUT2D eigenvalue weighted by molar-refractivity contribution is -0.132. The molecule has 1 amide bonds. The Hall–Kier alpha value is -1.64. The number of thiazole rings is 1. The molecule has 29 heavy (non-hydrogen) atoms. The maximum atomic E-state index is 12.6. The van der Waals surface area contributed by atoms with Gasteiger partial charge in [0.15, 0.2) is 11.6 Å². The second kappa shape index (κ2) is 9.02. The van der Waals surface area contributed by atoms with Gasteiger partial charge in [-0.3, -0.25) is 9.20 Å². The molecule has 0 saturated carbocycles. The van der Waals surface area contributed by atoms with E-state index < -0.39 is 0 Å². The first-order chi connectivity index (χ1) is 14.0. The minimum Gasteiger partial charge on any atom is -0.484 e. The van der Waals surface area contributed by atoms with Crippen molar-refractivity contribution in [2.75, 3.05) is 25.2 Å². The number of hydrogen-bond acceptors (Lipinski definition) is 6. The molecule has 0 bridgehead atoms. The van der Waals surface area contributed by atoms with Gasteiger partial charge in [0.25, 0.3) is 5.91 Å². The number of carbonyl (C=O) groups is 1. The number of likely N-dealkylation sites (N-methyl/N-ethyl adjacent to an activating group) is 1. The molecule has 1 aliphatic rings. The lowest BCUT2D eigenvalue weighted by Gasteiger charge is -2.21. The number of nitrogens with zero attached hydrogens (tertiary/aromatic N) is 3. The number of amides is 1. The molecule has 0 unspecified atom stereocenters. The Bertz CT molecular complexity index is 991. The molecule has 0 radical (unpaired) electrons. The van der Waals surface area contributed by atoms with E-state index >= 15 is 0 Å². The van der Waals surface area contributed by atoms with E-state index in [1.54, 1.807) is 16.2 Å². The summed E-state index contributed by atoms with van der Waals surface area (Å²) in [5.74, 6) is 3.14. The molecule has 1 fully saturated rings. The largest absolute Gasteiger partial charge is 0.484 e. The molecule has 5 nitrogen and oxygen atoms in total. The Morgan fingerprint density at radius 2 is 1.97 bits per heavy atom. The Morgan fingerprint density at radius 1 is 1.24 bits per heavy atom. The van der Waals surface area contributed by atoms with Crippen molar-refractivity contribution >= 4 is 45.7 Å². The van der Waals surface area contributed by atoms with Gasteiger partial charge in [-0.1, -0.05) is 12.1 Å². The van der Waals surface area contributed by atoms with E-state index in [4.69, 9.17) is 4.74 Å². The van der Waals surface area contributed by atoms with Crippen LogP contribution in [0.2, 0.25) is 0 Å². The summed E-state index contributed by atoms with van der Waals surface area (Å²) >= 11 is 5.67. The first kappa shape index (κ1) is 20.6.